The summed E-state index contributed by atoms with van der Waals surface area (Å²) in [5, 5.41) is 7.77. The Kier molecular flexibility index (Phi) is 2.37. The Labute approximate surface area is 90.3 Å². The fourth-order valence-electron chi connectivity index (χ4n) is 1.22. The van der Waals surface area contributed by atoms with Gasteiger partial charge in [-0.1, -0.05) is 12.1 Å². The molecule has 2 aromatic rings. The maximum Gasteiger partial charge on any atom is 0.248 e. The van der Waals surface area contributed by atoms with E-state index in [-0.39, 0.29) is 0 Å². The first kappa shape index (κ1) is 9.40. The van der Waals surface area contributed by atoms with E-state index in [1.165, 1.54) is 0 Å². The van der Waals surface area contributed by atoms with Crippen LogP contribution in [0.2, 0.25) is 0 Å². The number of aryl methyl sites for hydroxylation is 2. The van der Waals surface area contributed by atoms with Gasteiger partial charge >= 0.3 is 0 Å². The summed E-state index contributed by atoms with van der Waals surface area (Å²) < 4.78 is 6.36. The van der Waals surface area contributed by atoms with E-state index in [1.807, 2.05) is 25.1 Å². The van der Waals surface area contributed by atoms with Gasteiger partial charge in [0.15, 0.2) is 0 Å². The van der Waals surface area contributed by atoms with Gasteiger partial charge in [0.1, 0.15) is 0 Å². The third-order valence-electron chi connectivity index (χ3n) is 1.95. The van der Waals surface area contributed by atoms with Gasteiger partial charge in [0.05, 0.1) is 5.56 Å². The second-order valence-electron chi connectivity index (χ2n) is 3.06. The lowest BCUT2D eigenvalue weighted by molar-refractivity contribution is 0.532. The van der Waals surface area contributed by atoms with Crippen molar-refractivity contribution in [1.29, 1.82) is 0 Å². The van der Waals surface area contributed by atoms with Crippen LogP contribution in [0, 0.1) is 13.8 Å². The van der Waals surface area contributed by atoms with Crippen molar-refractivity contribution < 1.29 is 4.42 Å². The fraction of sp³-hybridized carbons (Fsp3) is 0.200. The molecule has 0 aliphatic rings. The summed E-state index contributed by atoms with van der Waals surface area (Å²) in [6.07, 6.45) is 0. The van der Waals surface area contributed by atoms with Gasteiger partial charge in [0.25, 0.3) is 0 Å². The van der Waals surface area contributed by atoms with E-state index in [0.29, 0.717) is 11.8 Å². The molecule has 0 saturated carbocycles. The Hall–Kier alpha value is -1.16. The minimum absolute atomic E-state index is 0.554. The van der Waals surface area contributed by atoms with Crippen molar-refractivity contribution in [1.82, 2.24) is 10.2 Å². The van der Waals surface area contributed by atoms with Gasteiger partial charge in [-0.15, -0.1) is 10.2 Å². The first-order chi connectivity index (χ1) is 6.68. The lowest BCUT2D eigenvalue weighted by Crippen LogP contribution is -1.83. The van der Waals surface area contributed by atoms with Crippen molar-refractivity contribution >= 4 is 15.9 Å². The molecule has 0 aliphatic heterocycles. The molecule has 1 aromatic carbocycles. The molecule has 1 aromatic heterocycles. The zero-order valence-electron chi connectivity index (χ0n) is 7.91. The van der Waals surface area contributed by atoms with Crippen LogP contribution >= 0.6 is 15.9 Å². The number of halogens is 1. The molecular formula is C10H9BrN2O. The molecule has 3 nitrogen and oxygen atoms in total. The summed E-state index contributed by atoms with van der Waals surface area (Å²) >= 11 is 3.50. The largest absolute Gasteiger partial charge is 0.421 e. The number of hydrogen-bond donors (Lipinski definition) is 0. The summed E-state index contributed by atoms with van der Waals surface area (Å²) in [6, 6.07) is 5.94. The maximum atomic E-state index is 5.35. The van der Waals surface area contributed by atoms with E-state index in [4.69, 9.17) is 4.42 Å². The lowest BCUT2D eigenvalue weighted by Gasteiger charge is -2.01. The Bertz CT molecular complexity index is 465. The zero-order chi connectivity index (χ0) is 10.1. The van der Waals surface area contributed by atoms with Gasteiger partial charge in [-0.3, -0.25) is 0 Å². The minimum Gasteiger partial charge on any atom is -0.421 e. The molecule has 0 radical (unpaired) electrons. The number of hydrogen-bond acceptors (Lipinski definition) is 3. The van der Waals surface area contributed by atoms with Crippen LogP contribution in [0.3, 0.4) is 0 Å². The second kappa shape index (κ2) is 3.53. The van der Waals surface area contributed by atoms with Crippen LogP contribution in [-0.4, -0.2) is 10.2 Å². The Morgan fingerprint density at radius 3 is 2.64 bits per heavy atom. The van der Waals surface area contributed by atoms with Gasteiger partial charge < -0.3 is 4.42 Å². The van der Waals surface area contributed by atoms with E-state index in [1.54, 1.807) is 6.92 Å². The lowest BCUT2D eigenvalue weighted by atomic mass is 10.1. The van der Waals surface area contributed by atoms with Gasteiger partial charge in [-0.2, -0.15) is 0 Å². The van der Waals surface area contributed by atoms with Crippen LogP contribution < -0.4 is 0 Å². The number of benzene rings is 1. The van der Waals surface area contributed by atoms with E-state index >= 15 is 0 Å². The predicted molar refractivity (Wildman–Crippen MR) is 56.9 cm³/mol. The summed E-state index contributed by atoms with van der Waals surface area (Å²) in [7, 11) is 0. The van der Waals surface area contributed by atoms with E-state index in [2.05, 4.69) is 26.1 Å². The van der Waals surface area contributed by atoms with Crippen molar-refractivity contribution in [3.8, 4) is 11.5 Å². The maximum absolute atomic E-state index is 5.35. The first-order valence-corrected chi connectivity index (χ1v) is 5.03. The molecule has 0 amide bonds. The second-order valence-corrected chi connectivity index (χ2v) is 3.86. The first-order valence-electron chi connectivity index (χ1n) is 4.24. The molecule has 14 heavy (non-hydrogen) atoms. The highest BCUT2D eigenvalue weighted by Crippen LogP contribution is 2.29. The van der Waals surface area contributed by atoms with Gasteiger partial charge in [-0.25, -0.2) is 0 Å². The fourth-order valence-corrected chi connectivity index (χ4v) is 1.65. The Morgan fingerprint density at radius 1 is 1.21 bits per heavy atom. The smallest absolute Gasteiger partial charge is 0.248 e. The third-order valence-corrected chi connectivity index (χ3v) is 3.00. The molecule has 72 valence electrons. The zero-order valence-corrected chi connectivity index (χ0v) is 9.50. The number of rotatable bonds is 1. The quantitative estimate of drug-likeness (QED) is 0.783. The molecule has 0 N–H and O–H groups in total. The van der Waals surface area contributed by atoms with Gasteiger partial charge in [-0.05, 0) is 34.5 Å². The summed E-state index contributed by atoms with van der Waals surface area (Å²) in [5.74, 6) is 1.13. The van der Waals surface area contributed by atoms with Crippen LogP contribution in [0.25, 0.3) is 11.5 Å². The topological polar surface area (TPSA) is 38.9 Å². The average Bonchev–Trinajstić information content (AvgIpc) is 2.57. The van der Waals surface area contributed by atoms with Crippen molar-refractivity contribution in [2.45, 2.75) is 13.8 Å². The highest BCUT2D eigenvalue weighted by Gasteiger charge is 2.10. The number of nitrogens with zero attached hydrogens (tertiary/aromatic N) is 2. The Morgan fingerprint density at radius 2 is 2.00 bits per heavy atom. The SMILES string of the molecule is Cc1nnc(-c2cccc(C)c2Br)o1. The molecule has 0 spiro atoms. The van der Waals surface area contributed by atoms with Crippen LogP contribution in [0.5, 0.6) is 0 Å². The Balaban J connectivity index is 2.57. The average molecular weight is 253 g/mol. The monoisotopic (exact) mass is 252 g/mol. The molecule has 2 rings (SSSR count). The standard InChI is InChI=1S/C10H9BrN2O/c1-6-4-3-5-8(9(6)11)10-13-12-7(2)14-10/h3-5H,1-2H3. The van der Waals surface area contributed by atoms with Crippen molar-refractivity contribution in [3.63, 3.8) is 0 Å². The normalized spacial score (nSPS) is 10.5. The number of aromatic nitrogens is 2. The van der Waals surface area contributed by atoms with Crippen molar-refractivity contribution in [3.05, 3.63) is 34.1 Å². The van der Waals surface area contributed by atoms with Crippen molar-refractivity contribution in [2.24, 2.45) is 0 Å². The predicted octanol–water partition coefficient (Wildman–Crippen LogP) is 3.12. The van der Waals surface area contributed by atoms with E-state index in [0.717, 1.165) is 15.6 Å². The van der Waals surface area contributed by atoms with E-state index < -0.39 is 0 Å². The van der Waals surface area contributed by atoms with Crippen molar-refractivity contribution in [2.75, 3.05) is 0 Å². The van der Waals surface area contributed by atoms with E-state index in [9.17, 15) is 0 Å². The molecule has 0 unspecified atom stereocenters. The van der Waals surface area contributed by atoms with Crippen LogP contribution in [0.15, 0.2) is 27.1 Å². The third kappa shape index (κ3) is 1.57. The minimum atomic E-state index is 0.554. The van der Waals surface area contributed by atoms with Gasteiger partial charge in [0, 0.05) is 11.4 Å². The van der Waals surface area contributed by atoms with Crippen LogP contribution in [-0.2, 0) is 0 Å². The highest BCUT2D eigenvalue weighted by molar-refractivity contribution is 9.10. The van der Waals surface area contributed by atoms with Crippen LogP contribution in [0.4, 0.5) is 0 Å². The summed E-state index contributed by atoms with van der Waals surface area (Å²) in [4.78, 5) is 0. The molecule has 0 aliphatic carbocycles. The summed E-state index contributed by atoms with van der Waals surface area (Å²) in [6.45, 7) is 3.80. The van der Waals surface area contributed by atoms with Crippen LogP contribution in [0.1, 0.15) is 11.5 Å². The molecule has 0 saturated heterocycles. The molecule has 0 fully saturated rings. The molecule has 4 heteroatoms. The molecule has 0 bridgehead atoms. The summed E-state index contributed by atoms with van der Waals surface area (Å²) in [5.41, 5.74) is 2.09. The highest BCUT2D eigenvalue weighted by atomic mass is 79.9. The molecule has 0 atom stereocenters. The van der Waals surface area contributed by atoms with Gasteiger partial charge in [0.2, 0.25) is 11.8 Å². The molecular weight excluding hydrogens is 244 g/mol. The molecule has 1 heterocycles.